The molecular weight excluding hydrogens is 268 g/mol. The molecule has 6 heteroatoms. The van der Waals surface area contributed by atoms with Gasteiger partial charge in [-0.3, -0.25) is 4.79 Å². The monoisotopic (exact) mass is 288 g/mol. The van der Waals surface area contributed by atoms with Crippen molar-refractivity contribution in [1.82, 2.24) is 20.1 Å². The Bertz CT molecular complexity index is 582. The number of benzene rings is 1. The van der Waals surface area contributed by atoms with Crippen LogP contribution in [0.25, 0.3) is 0 Å². The number of nitrogens with one attached hydrogen (secondary N) is 1. The van der Waals surface area contributed by atoms with Crippen LogP contribution in [0.1, 0.15) is 30.8 Å². The fraction of sp³-hybridized carbons (Fsp3) is 0.400. The van der Waals surface area contributed by atoms with E-state index in [1.807, 2.05) is 44.3 Å². The molecule has 0 saturated heterocycles. The minimum Gasteiger partial charge on any atom is -0.392 e. The predicted octanol–water partition coefficient (Wildman–Crippen LogP) is 0.986. The van der Waals surface area contributed by atoms with Gasteiger partial charge in [-0.05, 0) is 18.9 Å². The molecule has 0 saturated carbocycles. The second-order valence-corrected chi connectivity index (χ2v) is 5.14. The number of amides is 1. The Morgan fingerprint density at radius 1 is 1.38 bits per heavy atom. The molecule has 2 rings (SSSR count). The topological polar surface area (TPSA) is 80.0 Å². The van der Waals surface area contributed by atoms with E-state index in [4.69, 9.17) is 0 Å². The van der Waals surface area contributed by atoms with Crippen LogP contribution in [0.3, 0.4) is 0 Å². The van der Waals surface area contributed by atoms with E-state index in [1.54, 1.807) is 10.9 Å². The minimum atomic E-state index is -0.695. The summed E-state index contributed by atoms with van der Waals surface area (Å²) in [5, 5.41) is 20.5. The molecule has 0 fully saturated rings. The van der Waals surface area contributed by atoms with Crippen LogP contribution < -0.4 is 5.32 Å². The molecule has 1 aromatic heterocycles. The van der Waals surface area contributed by atoms with Crippen molar-refractivity contribution in [2.24, 2.45) is 7.05 Å². The van der Waals surface area contributed by atoms with E-state index >= 15 is 0 Å². The maximum absolute atomic E-state index is 11.9. The largest absolute Gasteiger partial charge is 0.392 e. The van der Waals surface area contributed by atoms with E-state index in [2.05, 4.69) is 15.5 Å². The Hall–Kier alpha value is -2.21. The number of aromatic nitrogens is 3. The lowest BCUT2D eigenvalue weighted by atomic mass is 10.1. The number of rotatable bonds is 6. The van der Waals surface area contributed by atoms with Crippen LogP contribution in [0.4, 0.5) is 0 Å². The zero-order chi connectivity index (χ0) is 15.2. The van der Waals surface area contributed by atoms with Crippen molar-refractivity contribution in [3.63, 3.8) is 0 Å². The average molecular weight is 288 g/mol. The van der Waals surface area contributed by atoms with E-state index in [0.29, 0.717) is 12.2 Å². The summed E-state index contributed by atoms with van der Waals surface area (Å²) >= 11 is 0. The molecule has 0 aliphatic rings. The van der Waals surface area contributed by atoms with E-state index in [-0.39, 0.29) is 18.4 Å². The maximum Gasteiger partial charge on any atom is 0.223 e. The summed E-state index contributed by atoms with van der Waals surface area (Å²) in [5.41, 5.74) is 1.01. The molecule has 0 unspecified atom stereocenters. The number of aliphatic hydroxyl groups is 1. The molecule has 1 amide bonds. The smallest absolute Gasteiger partial charge is 0.223 e. The number of hydrogen-bond acceptors (Lipinski definition) is 4. The molecule has 112 valence electrons. The van der Waals surface area contributed by atoms with Crippen molar-refractivity contribution in [3.05, 3.63) is 48.0 Å². The van der Waals surface area contributed by atoms with Gasteiger partial charge >= 0.3 is 0 Å². The van der Waals surface area contributed by atoms with E-state index < -0.39 is 6.10 Å². The summed E-state index contributed by atoms with van der Waals surface area (Å²) < 4.78 is 1.76. The normalized spacial score (nSPS) is 13.7. The SMILES string of the molecule is C[C@@H](NC(=O)C[C@@H](O)Cc1ccccc1)c1nncn1C. The molecule has 21 heavy (non-hydrogen) atoms. The number of nitrogens with zero attached hydrogens (tertiary/aromatic N) is 3. The first kappa shape index (κ1) is 15.2. The third kappa shape index (κ3) is 4.39. The molecule has 0 aliphatic carbocycles. The molecule has 2 aromatic rings. The highest BCUT2D eigenvalue weighted by atomic mass is 16.3. The van der Waals surface area contributed by atoms with Crippen molar-refractivity contribution < 1.29 is 9.90 Å². The number of carbonyl (C=O) groups excluding carboxylic acids is 1. The summed E-state index contributed by atoms with van der Waals surface area (Å²) in [4.78, 5) is 11.9. The molecule has 0 radical (unpaired) electrons. The second-order valence-electron chi connectivity index (χ2n) is 5.14. The Morgan fingerprint density at radius 2 is 2.10 bits per heavy atom. The average Bonchev–Trinajstić information content (AvgIpc) is 2.85. The zero-order valence-electron chi connectivity index (χ0n) is 12.2. The van der Waals surface area contributed by atoms with E-state index in [0.717, 1.165) is 5.56 Å². The lowest BCUT2D eigenvalue weighted by Crippen LogP contribution is -2.31. The van der Waals surface area contributed by atoms with Crippen LogP contribution in [0.2, 0.25) is 0 Å². The standard InChI is InChI=1S/C15H20N4O2/c1-11(15-18-16-10-19(15)2)17-14(21)9-13(20)8-12-6-4-3-5-7-12/h3-7,10-11,13,20H,8-9H2,1-2H3,(H,17,21)/t11-,13+/m1/s1. The van der Waals surface area contributed by atoms with Crippen LogP contribution in [-0.2, 0) is 18.3 Å². The molecule has 0 aliphatic heterocycles. The van der Waals surface area contributed by atoms with Gasteiger partial charge in [0.25, 0.3) is 0 Å². The summed E-state index contributed by atoms with van der Waals surface area (Å²) in [5.74, 6) is 0.481. The quantitative estimate of drug-likeness (QED) is 0.830. The van der Waals surface area contributed by atoms with Gasteiger partial charge in [-0.25, -0.2) is 0 Å². The summed E-state index contributed by atoms with van der Waals surface area (Å²) in [7, 11) is 1.82. The van der Waals surface area contributed by atoms with Gasteiger partial charge in [0, 0.05) is 7.05 Å². The number of carbonyl (C=O) groups is 1. The Labute approximate surface area is 123 Å². The zero-order valence-corrected chi connectivity index (χ0v) is 12.2. The predicted molar refractivity (Wildman–Crippen MR) is 78.3 cm³/mol. The van der Waals surface area contributed by atoms with Crippen molar-refractivity contribution in [2.45, 2.75) is 31.9 Å². The van der Waals surface area contributed by atoms with Gasteiger partial charge < -0.3 is 15.0 Å². The second kappa shape index (κ2) is 6.99. The van der Waals surface area contributed by atoms with Gasteiger partial charge in [-0.1, -0.05) is 30.3 Å². The van der Waals surface area contributed by atoms with Crippen LogP contribution in [0.15, 0.2) is 36.7 Å². The van der Waals surface area contributed by atoms with Crippen molar-refractivity contribution in [3.8, 4) is 0 Å². The molecular formula is C15H20N4O2. The third-order valence-corrected chi connectivity index (χ3v) is 3.25. The fourth-order valence-electron chi connectivity index (χ4n) is 2.22. The highest BCUT2D eigenvalue weighted by Gasteiger charge is 2.17. The first-order chi connectivity index (χ1) is 10.1. The van der Waals surface area contributed by atoms with Gasteiger partial charge in [0.05, 0.1) is 18.6 Å². The lowest BCUT2D eigenvalue weighted by Gasteiger charge is -2.15. The van der Waals surface area contributed by atoms with Gasteiger partial charge in [0.2, 0.25) is 5.91 Å². The van der Waals surface area contributed by atoms with Crippen molar-refractivity contribution in [2.75, 3.05) is 0 Å². The number of aliphatic hydroxyl groups excluding tert-OH is 1. The minimum absolute atomic E-state index is 0.0666. The van der Waals surface area contributed by atoms with Gasteiger partial charge in [0.15, 0.2) is 5.82 Å². The van der Waals surface area contributed by atoms with E-state index in [1.165, 1.54) is 0 Å². The van der Waals surface area contributed by atoms with Gasteiger partial charge in [-0.2, -0.15) is 0 Å². The molecule has 0 spiro atoms. The third-order valence-electron chi connectivity index (χ3n) is 3.25. The van der Waals surface area contributed by atoms with Crippen LogP contribution in [0, 0.1) is 0 Å². The van der Waals surface area contributed by atoms with Crippen molar-refractivity contribution in [1.29, 1.82) is 0 Å². The first-order valence-corrected chi connectivity index (χ1v) is 6.91. The molecule has 2 N–H and O–H groups in total. The number of hydrogen-bond donors (Lipinski definition) is 2. The molecule has 6 nitrogen and oxygen atoms in total. The summed E-state index contributed by atoms with van der Waals surface area (Å²) in [6.07, 6.45) is 1.42. The molecule has 1 aromatic carbocycles. The lowest BCUT2D eigenvalue weighted by molar-refractivity contribution is -0.123. The van der Waals surface area contributed by atoms with Crippen LogP contribution in [0.5, 0.6) is 0 Å². The van der Waals surface area contributed by atoms with Crippen molar-refractivity contribution >= 4 is 5.91 Å². The Kier molecular flexibility index (Phi) is 5.05. The first-order valence-electron chi connectivity index (χ1n) is 6.91. The molecule has 2 atom stereocenters. The molecule has 0 bridgehead atoms. The fourth-order valence-corrected chi connectivity index (χ4v) is 2.22. The van der Waals surface area contributed by atoms with Crippen LogP contribution >= 0.6 is 0 Å². The highest BCUT2D eigenvalue weighted by molar-refractivity contribution is 5.76. The van der Waals surface area contributed by atoms with Gasteiger partial charge in [0.1, 0.15) is 6.33 Å². The Morgan fingerprint density at radius 3 is 2.71 bits per heavy atom. The van der Waals surface area contributed by atoms with E-state index in [9.17, 15) is 9.90 Å². The summed E-state index contributed by atoms with van der Waals surface area (Å²) in [6.45, 7) is 1.84. The Balaban J connectivity index is 1.83. The highest BCUT2D eigenvalue weighted by Crippen LogP contribution is 2.09. The maximum atomic E-state index is 11.9. The summed E-state index contributed by atoms with van der Waals surface area (Å²) in [6, 6.07) is 9.38. The number of aryl methyl sites for hydroxylation is 1. The molecule has 1 heterocycles. The van der Waals surface area contributed by atoms with Gasteiger partial charge in [-0.15, -0.1) is 10.2 Å². The van der Waals surface area contributed by atoms with Crippen LogP contribution in [-0.4, -0.2) is 31.9 Å².